The lowest BCUT2D eigenvalue weighted by atomic mass is 9.83. The molecule has 0 bridgehead atoms. The molecule has 1 aliphatic heterocycles. The summed E-state index contributed by atoms with van der Waals surface area (Å²) in [7, 11) is 0. The van der Waals surface area contributed by atoms with E-state index in [4.69, 9.17) is 0 Å². The van der Waals surface area contributed by atoms with E-state index < -0.39 is 11.7 Å². The molecule has 2 atom stereocenters. The van der Waals surface area contributed by atoms with Crippen LogP contribution in [0.2, 0.25) is 0 Å². The second kappa shape index (κ2) is 7.12. The minimum Gasteiger partial charge on any atom is -0.508 e. The van der Waals surface area contributed by atoms with Crippen molar-refractivity contribution in [1.29, 1.82) is 0 Å². The van der Waals surface area contributed by atoms with Gasteiger partial charge in [0.1, 0.15) is 11.6 Å². The molecular weight excluding hydrogens is 321 g/mol. The highest BCUT2D eigenvalue weighted by Gasteiger charge is 2.36. The normalized spacial score (nSPS) is 20.2. The second-order valence-electron chi connectivity index (χ2n) is 6.85. The lowest BCUT2D eigenvalue weighted by Crippen LogP contribution is -2.47. The average molecular weight is 345 g/mol. The fourth-order valence-corrected chi connectivity index (χ4v) is 3.50. The maximum atomic E-state index is 13.1. The van der Waals surface area contributed by atoms with Crippen LogP contribution in [0.3, 0.4) is 0 Å². The van der Waals surface area contributed by atoms with Gasteiger partial charge in [0.15, 0.2) is 0 Å². The van der Waals surface area contributed by atoms with Crippen LogP contribution in [0, 0.1) is 5.82 Å². The summed E-state index contributed by atoms with van der Waals surface area (Å²) in [6.07, 6.45) is 0.397. The Hall–Kier alpha value is -1.95. The molecule has 134 valence electrons. The van der Waals surface area contributed by atoms with E-state index >= 15 is 0 Å². The number of rotatable bonds is 4. The van der Waals surface area contributed by atoms with Gasteiger partial charge in [-0.1, -0.05) is 24.3 Å². The van der Waals surface area contributed by atoms with E-state index in [0.717, 1.165) is 11.1 Å². The number of hydrogen-bond donors (Lipinski definition) is 3. The topological polar surface area (TPSA) is 63.9 Å². The summed E-state index contributed by atoms with van der Waals surface area (Å²) in [5, 5.41) is 30.8. The van der Waals surface area contributed by atoms with Gasteiger partial charge in [0.2, 0.25) is 0 Å². The third-order valence-electron chi connectivity index (χ3n) is 5.27. The summed E-state index contributed by atoms with van der Waals surface area (Å²) < 4.78 is 13.1. The third kappa shape index (κ3) is 3.84. The van der Waals surface area contributed by atoms with Gasteiger partial charge in [0, 0.05) is 19.1 Å². The van der Waals surface area contributed by atoms with Crippen molar-refractivity contribution in [3.63, 3.8) is 0 Å². The molecule has 0 aliphatic carbocycles. The molecule has 25 heavy (non-hydrogen) atoms. The quantitative estimate of drug-likeness (QED) is 0.797. The van der Waals surface area contributed by atoms with Gasteiger partial charge in [-0.25, -0.2) is 4.39 Å². The molecule has 2 aromatic carbocycles. The van der Waals surface area contributed by atoms with Gasteiger partial charge in [-0.3, -0.25) is 4.90 Å². The van der Waals surface area contributed by atoms with Gasteiger partial charge in [0.05, 0.1) is 11.7 Å². The van der Waals surface area contributed by atoms with Crippen LogP contribution in [-0.4, -0.2) is 39.4 Å². The number of halogens is 1. The largest absolute Gasteiger partial charge is 0.508 e. The first-order valence-corrected chi connectivity index (χ1v) is 8.58. The maximum Gasteiger partial charge on any atom is 0.123 e. The number of phenols is 1. The zero-order chi connectivity index (χ0) is 18.0. The Bertz CT molecular complexity index is 694. The standard InChI is InChI=1S/C20H24FNO3/c1-14(19(24)15-2-8-18(23)9-3-15)22-12-10-20(25,11-13-22)16-4-6-17(21)7-5-16/h2-9,14,19,23-25H,10-13H2,1H3/t14-,19?/m0/s1. The maximum absolute atomic E-state index is 13.1. The summed E-state index contributed by atoms with van der Waals surface area (Å²) in [4.78, 5) is 2.15. The van der Waals surface area contributed by atoms with Crippen LogP contribution in [0.5, 0.6) is 5.75 Å². The molecule has 1 aliphatic rings. The van der Waals surface area contributed by atoms with Crippen LogP contribution in [0.25, 0.3) is 0 Å². The molecule has 0 radical (unpaired) electrons. The number of aliphatic hydroxyl groups excluding tert-OH is 1. The predicted molar refractivity (Wildman–Crippen MR) is 93.6 cm³/mol. The molecule has 3 rings (SSSR count). The SMILES string of the molecule is C[C@@H](C(O)c1ccc(O)cc1)N1CCC(O)(c2ccc(F)cc2)CC1. The summed E-state index contributed by atoms with van der Waals surface area (Å²) in [6, 6.07) is 12.5. The number of phenolic OH excluding ortho intramolecular Hbond substituents is 1. The van der Waals surface area contributed by atoms with Crippen LogP contribution < -0.4 is 0 Å². The Balaban J connectivity index is 1.64. The number of likely N-dealkylation sites (tertiary alicyclic amines) is 1. The minimum absolute atomic E-state index is 0.109. The number of hydrogen-bond acceptors (Lipinski definition) is 4. The first-order chi connectivity index (χ1) is 11.9. The van der Waals surface area contributed by atoms with Crippen molar-refractivity contribution in [2.45, 2.75) is 37.5 Å². The molecule has 1 fully saturated rings. The molecule has 0 saturated carbocycles. The van der Waals surface area contributed by atoms with Crippen LogP contribution >= 0.6 is 0 Å². The van der Waals surface area contributed by atoms with Crippen molar-refractivity contribution in [2.24, 2.45) is 0 Å². The number of piperidine rings is 1. The van der Waals surface area contributed by atoms with Gasteiger partial charge in [-0.2, -0.15) is 0 Å². The summed E-state index contributed by atoms with van der Waals surface area (Å²) in [5.41, 5.74) is 0.540. The summed E-state index contributed by atoms with van der Waals surface area (Å²) in [5.74, 6) is -0.138. The van der Waals surface area contributed by atoms with Gasteiger partial charge >= 0.3 is 0 Å². The van der Waals surface area contributed by atoms with Crippen LogP contribution in [0.1, 0.15) is 37.0 Å². The van der Waals surface area contributed by atoms with Gasteiger partial charge in [0.25, 0.3) is 0 Å². The van der Waals surface area contributed by atoms with Gasteiger partial charge in [-0.15, -0.1) is 0 Å². The van der Waals surface area contributed by atoms with Gasteiger partial charge < -0.3 is 15.3 Å². The lowest BCUT2D eigenvalue weighted by molar-refractivity contribution is -0.0502. The number of aliphatic hydroxyl groups is 2. The molecule has 0 amide bonds. The highest BCUT2D eigenvalue weighted by Crippen LogP contribution is 2.35. The van der Waals surface area contributed by atoms with Crippen LogP contribution in [-0.2, 0) is 5.60 Å². The van der Waals surface area contributed by atoms with Crippen LogP contribution in [0.15, 0.2) is 48.5 Å². The van der Waals surface area contributed by atoms with Crippen molar-refractivity contribution < 1.29 is 19.7 Å². The zero-order valence-electron chi connectivity index (χ0n) is 14.3. The fourth-order valence-electron chi connectivity index (χ4n) is 3.50. The van der Waals surface area contributed by atoms with E-state index in [9.17, 15) is 19.7 Å². The second-order valence-corrected chi connectivity index (χ2v) is 6.85. The first kappa shape index (κ1) is 17.9. The van der Waals surface area contributed by atoms with E-state index in [2.05, 4.69) is 4.90 Å². The molecule has 1 unspecified atom stereocenters. The highest BCUT2D eigenvalue weighted by molar-refractivity contribution is 5.28. The first-order valence-electron chi connectivity index (χ1n) is 8.58. The summed E-state index contributed by atoms with van der Waals surface area (Å²) >= 11 is 0. The molecule has 1 saturated heterocycles. The molecule has 5 heteroatoms. The lowest BCUT2D eigenvalue weighted by Gasteiger charge is -2.42. The molecule has 0 spiro atoms. The monoisotopic (exact) mass is 345 g/mol. The Morgan fingerprint density at radius 3 is 2.12 bits per heavy atom. The van der Waals surface area contributed by atoms with E-state index in [0.29, 0.717) is 25.9 Å². The minimum atomic E-state index is -0.951. The van der Waals surface area contributed by atoms with E-state index in [1.807, 2.05) is 6.92 Å². The molecule has 2 aromatic rings. The Morgan fingerprint density at radius 1 is 1.00 bits per heavy atom. The molecule has 4 nitrogen and oxygen atoms in total. The average Bonchev–Trinajstić information content (AvgIpc) is 2.62. The highest BCUT2D eigenvalue weighted by atomic mass is 19.1. The molecule has 3 N–H and O–H groups in total. The Morgan fingerprint density at radius 2 is 1.56 bits per heavy atom. The van der Waals surface area contributed by atoms with Crippen molar-refractivity contribution >= 4 is 0 Å². The van der Waals surface area contributed by atoms with E-state index in [-0.39, 0.29) is 17.6 Å². The molecular formula is C20H24FNO3. The number of aromatic hydroxyl groups is 1. The number of benzene rings is 2. The Labute approximate surface area is 147 Å². The zero-order valence-corrected chi connectivity index (χ0v) is 14.3. The van der Waals surface area contributed by atoms with Crippen molar-refractivity contribution in [1.82, 2.24) is 4.90 Å². The number of nitrogens with zero attached hydrogens (tertiary/aromatic N) is 1. The van der Waals surface area contributed by atoms with Crippen molar-refractivity contribution in [2.75, 3.05) is 13.1 Å². The predicted octanol–water partition coefficient (Wildman–Crippen LogP) is 2.94. The van der Waals surface area contributed by atoms with E-state index in [1.54, 1.807) is 36.4 Å². The van der Waals surface area contributed by atoms with Crippen molar-refractivity contribution in [3.8, 4) is 5.75 Å². The molecule has 1 heterocycles. The van der Waals surface area contributed by atoms with Crippen molar-refractivity contribution in [3.05, 3.63) is 65.5 Å². The Kier molecular flexibility index (Phi) is 5.08. The summed E-state index contributed by atoms with van der Waals surface area (Å²) in [6.45, 7) is 3.24. The van der Waals surface area contributed by atoms with Crippen LogP contribution in [0.4, 0.5) is 4.39 Å². The molecule has 0 aromatic heterocycles. The fraction of sp³-hybridized carbons (Fsp3) is 0.400. The van der Waals surface area contributed by atoms with Gasteiger partial charge in [-0.05, 0) is 55.2 Å². The smallest absolute Gasteiger partial charge is 0.123 e. The van der Waals surface area contributed by atoms with E-state index in [1.165, 1.54) is 12.1 Å². The third-order valence-corrected chi connectivity index (χ3v) is 5.27.